The molecule has 1 fully saturated rings. The van der Waals surface area contributed by atoms with E-state index < -0.39 is 0 Å². The number of fused-ring (bicyclic) bond motifs is 1. The molecule has 128 valence electrons. The molecule has 0 radical (unpaired) electrons. The van der Waals surface area contributed by atoms with Crippen LogP contribution in [-0.2, 0) is 29.2 Å². The Bertz CT molecular complexity index is 693. The summed E-state index contributed by atoms with van der Waals surface area (Å²) in [7, 11) is 1.66. The molecule has 7 nitrogen and oxygen atoms in total. The highest BCUT2D eigenvalue weighted by Gasteiger charge is 2.21. The fraction of sp³-hybridized carbons (Fsp3) is 0.562. The summed E-state index contributed by atoms with van der Waals surface area (Å²) in [5.41, 5.74) is 2.06. The number of thioether (sulfide) groups is 1. The van der Waals surface area contributed by atoms with Crippen molar-refractivity contribution in [3.8, 4) is 0 Å². The Morgan fingerprint density at radius 3 is 3.17 bits per heavy atom. The first kappa shape index (κ1) is 15.9. The smallest absolute Gasteiger partial charge is 0.168 e. The summed E-state index contributed by atoms with van der Waals surface area (Å²) < 4.78 is 12.9. The second kappa shape index (κ2) is 7.08. The Labute approximate surface area is 145 Å². The second-order valence-electron chi connectivity index (χ2n) is 6.00. The van der Waals surface area contributed by atoms with Crippen LogP contribution in [0.3, 0.4) is 0 Å². The predicted molar refractivity (Wildman–Crippen MR) is 91.2 cm³/mol. The van der Waals surface area contributed by atoms with Crippen molar-refractivity contribution in [3.63, 3.8) is 0 Å². The van der Waals surface area contributed by atoms with E-state index in [4.69, 9.17) is 9.47 Å². The van der Waals surface area contributed by atoms with Crippen LogP contribution in [0.4, 0.5) is 5.82 Å². The molecule has 2 aliphatic rings. The highest BCUT2D eigenvalue weighted by Crippen LogP contribution is 2.26. The summed E-state index contributed by atoms with van der Waals surface area (Å²) in [6, 6.07) is 2.02. The van der Waals surface area contributed by atoms with E-state index in [1.54, 1.807) is 18.9 Å². The number of hydrogen-bond acceptors (Lipinski definition) is 7. The van der Waals surface area contributed by atoms with E-state index in [9.17, 15) is 0 Å². The summed E-state index contributed by atoms with van der Waals surface area (Å²) >= 11 is 1.81. The largest absolute Gasteiger partial charge is 0.381 e. The highest BCUT2D eigenvalue weighted by molar-refractivity contribution is 7.99. The number of ether oxygens (including phenoxy) is 2. The SMILES string of the molecule is COCc1nc(NCc2cn3c(n2)SCC3)cc([C@H]2CCOC2)n1. The van der Waals surface area contributed by atoms with Gasteiger partial charge in [-0.1, -0.05) is 11.8 Å². The first-order valence-corrected chi connectivity index (χ1v) is 9.17. The molecule has 0 bridgehead atoms. The molecule has 0 unspecified atom stereocenters. The molecule has 1 saturated heterocycles. The second-order valence-corrected chi connectivity index (χ2v) is 7.06. The van der Waals surface area contributed by atoms with Gasteiger partial charge in [-0.05, 0) is 6.42 Å². The van der Waals surface area contributed by atoms with Crippen LogP contribution in [0.1, 0.15) is 29.6 Å². The van der Waals surface area contributed by atoms with Gasteiger partial charge >= 0.3 is 0 Å². The van der Waals surface area contributed by atoms with Crippen molar-refractivity contribution in [1.29, 1.82) is 0 Å². The lowest BCUT2D eigenvalue weighted by Gasteiger charge is -2.12. The molecule has 0 amide bonds. The van der Waals surface area contributed by atoms with Gasteiger partial charge in [0.15, 0.2) is 11.0 Å². The lowest BCUT2D eigenvalue weighted by Crippen LogP contribution is -2.10. The minimum absolute atomic E-state index is 0.344. The topological polar surface area (TPSA) is 74.1 Å². The Morgan fingerprint density at radius 2 is 2.38 bits per heavy atom. The zero-order valence-electron chi connectivity index (χ0n) is 13.7. The van der Waals surface area contributed by atoms with Crippen molar-refractivity contribution in [2.45, 2.75) is 37.2 Å². The third-order valence-electron chi connectivity index (χ3n) is 4.22. The number of anilines is 1. The van der Waals surface area contributed by atoms with E-state index in [-0.39, 0.29) is 0 Å². The number of methoxy groups -OCH3 is 1. The number of imidazole rings is 1. The Balaban J connectivity index is 1.49. The Morgan fingerprint density at radius 1 is 1.42 bits per heavy atom. The van der Waals surface area contributed by atoms with Crippen LogP contribution in [0, 0.1) is 0 Å². The maximum atomic E-state index is 5.49. The van der Waals surface area contributed by atoms with Crippen molar-refractivity contribution >= 4 is 17.6 Å². The minimum atomic E-state index is 0.344. The molecule has 8 heteroatoms. The third-order valence-corrected chi connectivity index (χ3v) is 5.19. The van der Waals surface area contributed by atoms with E-state index >= 15 is 0 Å². The molecule has 0 saturated carbocycles. The molecule has 2 aromatic heterocycles. The lowest BCUT2D eigenvalue weighted by atomic mass is 10.0. The summed E-state index contributed by atoms with van der Waals surface area (Å²) in [4.78, 5) is 13.8. The third kappa shape index (κ3) is 3.40. The maximum absolute atomic E-state index is 5.49. The van der Waals surface area contributed by atoms with E-state index in [1.165, 1.54) is 0 Å². The van der Waals surface area contributed by atoms with Crippen LogP contribution < -0.4 is 5.32 Å². The fourth-order valence-electron chi connectivity index (χ4n) is 3.01. The zero-order chi connectivity index (χ0) is 16.4. The average molecular weight is 347 g/mol. The Hall–Kier alpha value is -1.64. The number of nitrogens with zero attached hydrogens (tertiary/aromatic N) is 4. The van der Waals surface area contributed by atoms with Crippen LogP contribution in [0.2, 0.25) is 0 Å². The van der Waals surface area contributed by atoms with E-state index in [1.807, 2.05) is 6.07 Å². The lowest BCUT2D eigenvalue weighted by molar-refractivity contribution is 0.177. The molecular weight excluding hydrogens is 326 g/mol. The van der Waals surface area contributed by atoms with Gasteiger partial charge in [-0.15, -0.1) is 0 Å². The molecule has 24 heavy (non-hydrogen) atoms. The molecule has 4 rings (SSSR count). The molecule has 2 aromatic rings. The minimum Gasteiger partial charge on any atom is -0.381 e. The quantitative estimate of drug-likeness (QED) is 0.857. The predicted octanol–water partition coefficient (Wildman–Crippen LogP) is 2.04. The van der Waals surface area contributed by atoms with Crippen LogP contribution in [0.5, 0.6) is 0 Å². The average Bonchev–Trinajstić information content (AvgIpc) is 3.30. The van der Waals surface area contributed by atoms with Gasteiger partial charge in [-0.25, -0.2) is 15.0 Å². The van der Waals surface area contributed by atoms with E-state index in [2.05, 4.69) is 31.0 Å². The van der Waals surface area contributed by atoms with E-state index in [0.29, 0.717) is 24.9 Å². The van der Waals surface area contributed by atoms with Gasteiger partial charge in [0.1, 0.15) is 12.4 Å². The number of aromatic nitrogens is 4. The van der Waals surface area contributed by atoms with Gasteiger partial charge in [0.05, 0.1) is 24.5 Å². The van der Waals surface area contributed by atoms with Gasteiger partial charge in [-0.3, -0.25) is 0 Å². The standard InChI is InChI=1S/C16H21N5O2S/c1-22-10-15-19-13(11-2-4-23-9-11)6-14(20-15)17-7-12-8-21-3-5-24-16(21)18-12/h6,8,11H,2-5,7,9-10H2,1H3,(H,17,19,20)/t11-/m0/s1. The van der Waals surface area contributed by atoms with Crippen LogP contribution in [0.25, 0.3) is 0 Å². The molecule has 1 atom stereocenters. The first-order valence-electron chi connectivity index (χ1n) is 8.19. The highest BCUT2D eigenvalue weighted by atomic mass is 32.2. The van der Waals surface area contributed by atoms with Crippen LogP contribution >= 0.6 is 11.8 Å². The summed E-state index contributed by atoms with van der Waals surface area (Å²) in [6.07, 6.45) is 3.12. The van der Waals surface area contributed by atoms with Crippen molar-refractivity contribution in [2.75, 3.05) is 31.4 Å². The molecule has 0 aliphatic carbocycles. The molecular formula is C16H21N5O2S. The number of aryl methyl sites for hydroxylation is 1. The van der Waals surface area contributed by atoms with Gasteiger partial charge in [0, 0.05) is 44.2 Å². The van der Waals surface area contributed by atoms with Gasteiger partial charge in [0.2, 0.25) is 0 Å². The van der Waals surface area contributed by atoms with Crippen LogP contribution in [-0.4, -0.2) is 45.6 Å². The summed E-state index contributed by atoms with van der Waals surface area (Å²) in [5, 5.41) is 4.49. The summed E-state index contributed by atoms with van der Waals surface area (Å²) in [6.45, 7) is 3.64. The van der Waals surface area contributed by atoms with Gasteiger partial charge < -0.3 is 19.4 Å². The zero-order valence-corrected chi connectivity index (χ0v) is 14.5. The molecule has 4 heterocycles. The normalized spacial score (nSPS) is 19.6. The van der Waals surface area contributed by atoms with Gasteiger partial charge in [-0.2, -0.15) is 0 Å². The fourth-order valence-corrected chi connectivity index (χ4v) is 3.97. The van der Waals surface area contributed by atoms with Crippen molar-refractivity contribution in [1.82, 2.24) is 19.5 Å². The van der Waals surface area contributed by atoms with Gasteiger partial charge in [0.25, 0.3) is 0 Å². The Kier molecular flexibility index (Phi) is 4.68. The molecule has 1 N–H and O–H groups in total. The summed E-state index contributed by atoms with van der Waals surface area (Å²) in [5.74, 6) is 2.99. The molecule has 0 aromatic carbocycles. The van der Waals surface area contributed by atoms with Crippen molar-refractivity contribution in [2.24, 2.45) is 0 Å². The molecule has 2 aliphatic heterocycles. The first-order chi connectivity index (χ1) is 11.8. The maximum Gasteiger partial charge on any atom is 0.168 e. The monoisotopic (exact) mass is 347 g/mol. The number of rotatable bonds is 6. The number of hydrogen-bond donors (Lipinski definition) is 1. The van der Waals surface area contributed by atoms with Crippen molar-refractivity contribution in [3.05, 3.63) is 29.5 Å². The number of nitrogens with one attached hydrogen (secondary N) is 1. The van der Waals surface area contributed by atoms with E-state index in [0.717, 1.165) is 54.3 Å². The van der Waals surface area contributed by atoms with Crippen LogP contribution in [0.15, 0.2) is 17.4 Å². The molecule has 0 spiro atoms. The van der Waals surface area contributed by atoms with Crippen molar-refractivity contribution < 1.29 is 9.47 Å².